The van der Waals surface area contributed by atoms with Crippen LogP contribution in [0.4, 0.5) is 26.3 Å². The first-order chi connectivity index (χ1) is 23.0. The van der Waals surface area contributed by atoms with Crippen LogP contribution in [0.5, 0.6) is 11.8 Å². The Hall–Kier alpha value is -3.66. The molecule has 4 rings (SSSR count). The van der Waals surface area contributed by atoms with Gasteiger partial charge in [-0.05, 0) is 92.7 Å². The van der Waals surface area contributed by atoms with Crippen molar-refractivity contribution in [2.24, 2.45) is 10.8 Å². The van der Waals surface area contributed by atoms with E-state index < -0.39 is 46.1 Å². The van der Waals surface area contributed by atoms with Crippen molar-refractivity contribution >= 4 is 11.8 Å². The molecule has 16 heteroatoms. The summed E-state index contributed by atoms with van der Waals surface area (Å²) in [4.78, 5) is 36.6. The van der Waals surface area contributed by atoms with Crippen molar-refractivity contribution < 1.29 is 45.4 Å². The fourth-order valence-electron chi connectivity index (χ4n) is 5.43. The molecule has 2 aliphatic rings. The molecule has 2 saturated heterocycles. The molecule has 0 bridgehead atoms. The number of nitrogens with one attached hydrogen (secondary N) is 2. The van der Waals surface area contributed by atoms with Crippen molar-refractivity contribution in [1.29, 1.82) is 0 Å². The van der Waals surface area contributed by atoms with Gasteiger partial charge in [-0.3, -0.25) is 9.59 Å². The van der Waals surface area contributed by atoms with E-state index in [1.165, 1.54) is 24.5 Å². The molecule has 2 fully saturated rings. The quantitative estimate of drug-likeness (QED) is 0.314. The molecule has 50 heavy (non-hydrogen) atoms. The summed E-state index contributed by atoms with van der Waals surface area (Å²) < 4.78 is 88.3. The normalized spacial score (nSPS) is 22.0. The molecule has 4 atom stereocenters. The molecular formula is C34H48F6N6O4. The van der Waals surface area contributed by atoms with Crippen LogP contribution in [-0.2, 0) is 21.9 Å². The lowest BCUT2D eigenvalue weighted by Gasteiger charge is -2.26. The van der Waals surface area contributed by atoms with Gasteiger partial charge in [0.05, 0.1) is 10.8 Å². The summed E-state index contributed by atoms with van der Waals surface area (Å²) in [7, 11) is 3.98. The minimum atomic E-state index is -4.55. The van der Waals surface area contributed by atoms with Crippen LogP contribution < -0.4 is 20.1 Å². The van der Waals surface area contributed by atoms with Gasteiger partial charge in [0, 0.05) is 49.7 Å². The van der Waals surface area contributed by atoms with Crippen molar-refractivity contribution in [3.63, 3.8) is 0 Å². The zero-order chi connectivity index (χ0) is 37.7. The number of carbonyl (C=O) groups excluding carboxylic acids is 2. The lowest BCUT2D eigenvalue weighted by molar-refractivity contribution is -0.141. The average molecular weight is 719 g/mol. The second-order valence-electron chi connectivity index (χ2n) is 14.4. The van der Waals surface area contributed by atoms with Crippen molar-refractivity contribution in [3.8, 4) is 11.8 Å². The standard InChI is InChI=1S/2C17H24F3N3O2/c2*1-11-8-12(9-23(11)4)22-15(24)16(2,3)10-25-14-13(17(18,19)20)6-5-7-21-14/h2*5-7,11-12H,8-10H2,1-4H3,(H,22,24)/t2*11-,12+/m10/s1. The maximum atomic E-state index is 13.0. The summed E-state index contributed by atoms with van der Waals surface area (Å²) >= 11 is 0. The van der Waals surface area contributed by atoms with Crippen LogP contribution in [0.25, 0.3) is 0 Å². The first-order valence-electron chi connectivity index (χ1n) is 16.3. The largest absolute Gasteiger partial charge is 0.476 e. The highest BCUT2D eigenvalue weighted by molar-refractivity contribution is 5.82. The van der Waals surface area contributed by atoms with E-state index in [4.69, 9.17) is 9.47 Å². The maximum absolute atomic E-state index is 13.0. The molecule has 2 aromatic heterocycles. The van der Waals surface area contributed by atoms with Gasteiger partial charge >= 0.3 is 12.4 Å². The molecule has 0 aliphatic carbocycles. The highest BCUT2D eigenvalue weighted by atomic mass is 19.4. The molecule has 2 aromatic rings. The van der Waals surface area contributed by atoms with Crippen molar-refractivity contribution in [2.45, 2.75) is 90.9 Å². The molecule has 10 nitrogen and oxygen atoms in total. The third-order valence-electron chi connectivity index (χ3n) is 8.97. The second-order valence-corrected chi connectivity index (χ2v) is 14.4. The molecule has 2 N–H and O–H groups in total. The number of nitrogens with zero attached hydrogens (tertiary/aromatic N) is 4. The average Bonchev–Trinajstić information content (AvgIpc) is 3.51. The molecular weight excluding hydrogens is 670 g/mol. The number of pyridine rings is 2. The number of likely N-dealkylation sites (tertiary alicyclic amines) is 2. The number of halogens is 6. The predicted octanol–water partition coefficient (Wildman–Crippen LogP) is 5.43. The van der Waals surface area contributed by atoms with E-state index in [1.54, 1.807) is 27.7 Å². The molecule has 0 saturated carbocycles. The molecule has 2 aliphatic heterocycles. The Bertz CT molecular complexity index is 1330. The Morgan fingerprint density at radius 3 is 1.34 bits per heavy atom. The van der Waals surface area contributed by atoms with Crippen molar-refractivity contribution in [1.82, 2.24) is 30.4 Å². The molecule has 4 heterocycles. The molecule has 0 spiro atoms. The summed E-state index contributed by atoms with van der Waals surface area (Å²) in [5.41, 5.74) is -3.86. The van der Waals surface area contributed by atoms with E-state index in [9.17, 15) is 35.9 Å². The smallest absolute Gasteiger partial charge is 0.421 e. The highest BCUT2D eigenvalue weighted by Gasteiger charge is 2.39. The second kappa shape index (κ2) is 16.1. The highest BCUT2D eigenvalue weighted by Crippen LogP contribution is 2.36. The molecule has 2 amide bonds. The molecule has 280 valence electrons. The Balaban J connectivity index is 0.000000270. The van der Waals surface area contributed by atoms with Gasteiger partial charge in [-0.15, -0.1) is 0 Å². The topological polar surface area (TPSA) is 109 Å². The summed E-state index contributed by atoms with van der Waals surface area (Å²) in [6.45, 7) is 11.8. The van der Waals surface area contributed by atoms with E-state index in [0.29, 0.717) is 12.1 Å². The predicted molar refractivity (Wildman–Crippen MR) is 174 cm³/mol. The number of ether oxygens (including phenoxy) is 2. The number of hydrogen-bond donors (Lipinski definition) is 2. The van der Waals surface area contributed by atoms with E-state index in [1.807, 2.05) is 14.1 Å². The maximum Gasteiger partial charge on any atom is 0.421 e. The van der Waals surface area contributed by atoms with Gasteiger partial charge < -0.3 is 29.9 Å². The van der Waals surface area contributed by atoms with Crippen LogP contribution in [0.3, 0.4) is 0 Å². The fourth-order valence-corrected chi connectivity index (χ4v) is 5.43. The van der Waals surface area contributed by atoms with Crippen LogP contribution in [0.2, 0.25) is 0 Å². The van der Waals surface area contributed by atoms with Gasteiger partial charge in [0.1, 0.15) is 24.3 Å². The third-order valence-corrected chi connectivity index (χ3v) is 8.97. The van der Waals surface area contributed by atoms with E-state index in [-0.39, 0.29) is 37.1 Å². The molecule has 0 radical (unpaired) electrons. The zero-order valence-electron chi connectivity index (χ0n) is 29.7. The van der Waals surface area contributed by atoms with Crippen LogP contribution in [0, 0.1) is 10.8 Å². The number of rotatable bonds is 10. The number of likely N-dealkylation sites (N-methyl/N-ethyl adjacent to an activating group) is 2. The van der Waals surface area contributed by atoms with Gasteiger partial charge in [0.25, 0.3) is 0 Å². The minimum absolute atomic E-state index is 0.0346. The SMILES string of the molecule is C[C@@H]1C[C@H](NC(=O)C(C)(C)COc2ncccc2C(F)(F)F)CN1C.C[C@H]1C[C@@H](NC(=O)C(C)(C)COc2ncccc2C(F)(F)F)CN1C. The first kappa shape index (κ1) is 40.8. The number of alkyl halides is 6. The summed E-state index contributed by atoms with van der Waals surface area (Å²) in [6.07, 6.45) is -4.96. The van der Waals surface area contributed by atoms with E-state index in [0.717, 1.165) is 38.1 Å². The Labute approximate surface area is 289 Å². The molecule has 0 unspecified atom stereocenters. The number of amides is 2. The van der Waals surface area contributed by atoms with Crippen LogP contribution in [0.15, 0.2) is 36.7 Å². The van der Waals surface area contributed by atoms with Crippen LogP contribution in [0.1, 0.15) is 65.5 Å². The summed E-state index contributed by atoms with van der Waals surface area (Å²) in [5, 5.41) is 5.92. The number of carbonyl (C=O) groups is 2. The lowest BCUT2D eigenvalue weighted by Crippen LogP contribution is -2.46. The van der Waals surface area contributed by atoms with Gasteiger partial charge in [0.15, 0.2) is 0 Å². The summed E-state index contributed by atoms with van der Waals surface area (Å²) in [5.74, 6) is -1.51. The van der Waals surface area contributed by atoms with Gasteiger partial charge in [-0.25, -0.2) is 9.97 Å². The van der Waals surface area contributed by atoms with Crippen molar-refractivity contribution in [2.75, 3.05) is 40.4 Å². The van der Waals surface area contributed by atoms with E-state index >= 15 is 0 Å². The number of hydrogen-bond acceptors (Lipinski definition) is 8. The lowest BCUT2D eigenvalue weighted by atomic mass is 9.93. The Morgan fingerprint density at radius 2 is 1.06 bits per heavy atom. The van der Waals surface area contributed by atoms with Gasteiger partial charge in [0.2, 0.25) is 23.6 Å². The van der Waals surface area contributed by atoms with Crippen LogP contribution in [-0.4, -0.2) is 96.1 Å². The van der Waals surface area contributed by atoms with Crippen LogP contribution >= 0.6 is 0 Å². The van der Waals surface area contributed by atoms with Gasteiger partial charge in [-0.2, -0.15) is 26.3 Å². The minimum Gasteiger partial charge on any atom is -0.476 e. The first-order valence-corrected chi connectivity index (χ1v) is 16.3. The van der Waals surface area contributed by atoms with Gasteiger partial charge in [-0.1, -0.05) is 0 Å². The fraction of sp³-hybridized carbons (Fsp3) is 0.647. The monoisotopic (exact) mass is 718 g/mol. The van der Waals surface area contributed by atoms with E-state index in [2.05, 4.69) is 44.2 Å². The van der Waals surface area contributed by atoms with Crippen molar-refractivity contribution in [3.05, 3.63) is 47.8 Å². The third kappa shape index (κ3) is 11.2. The Morgan fingerprint density at radius 1 is 0.720 bits per heavy atom. The summed E-state index contributed by atoms with van der Waals surface area (Å²) in [6, 6.07) is 5.05. The number of aromatic nitrogens is 2. The zero-order valence-corrected chi connectivity index (χ0v) is 29.7. The molecule has 0 aromatic carbocycles. The Kier molecular flexibility index (Phi) is 13.2.